The molecule has 116 valence electrons. The van der Waals surface area contributed by atoms with Gasteiger partial charge < -0.3 is 5.11 Å². The van der Waals surface area contributed by atoms with E-state index in [4.69, 9.17) is 0 Å². The van der Waals surface area contributed by atoms with E-state index in [1.54, 1.807) is 0 Å². The first-order valence-electron chi connectivity index (χ1n) is 7.13. The number of benzene rings is 1. The van der Waals surface area contributed by atoms with Gasteiger partial charge in [0, 0.05) is 24.1 Å². The molecule has 3 nitrogen and oxygen atoms in total. The lowest BCUT2D eigenvalue weighted by Crippen LogP contribution is -2.50. The minimum absolute atomic E-state index is 0.113. The average Bonchev–Trinajstić information content (AvgIpc) is 2.37. The Kier molecular flexibility index (Phi) is 4.33. The standard InChI is InChI=1S/C16H21F2NO2/c1-16(2,3)19-7-6-12(15(20)21)13(9-19)11-5-4-10(17)8-14(11)18/h4-5,8,12-13H,6-7,9H2,1-3H3,(H,20,21)/t12?,13-/m1/s1. The summed E-state index contributed by atoms with van der Waals surface area (Å²) in [4.78, 5) is 13.6. The van der Waals surface area contributed by atoms with Crippen LogP contribution in [0.25, 0.3) is 0 Å². The van der Waals surface area contributed by atoms with Crippen molar-refractivity contribution >= 4 is 5.97 Å². The number of rotatable bonds is 2. The number of carboxylic acids is 1. The van der Waals surface area contributed by atoms with Gasteiger partial charge in [-0.3, -0.25) is 9.69 Å². The van der Waals surface area contributed by atoms with Crippen LogP contribution >= 0.6 is 0 Å². The zero-order chi connectivity index (χ0) is 15.8. The van der Waals surface area contributed by atoms with Crippen molar-refractivity contribution in [3.05, 3.63) is 35.4 Å². The molecule has 1 aliphatic rings. The summed E-state index contributed by atoms with van der Waals surface area (Å²) >= 11 is 0. The average molecular weight is 297 g/mol. The van der Waals surface area contributed by atoms with Gasteiger partial charge in [0.2, 0.25) is 0 Å². The Bertz CT molecular complexity index is 540. The number of nitrogens with zero attached hydrogens (tertiary/aromatic N) is 1. The fourth-order valence-electron chi connectivity index (χ4n) is 2.97. The number of carboxylic acid groups (broad SMARTS) is 1. The second-order valence-electron chi connectivity index (χ2n) is 6.62. The van der Waals surface area contributed by atoms with Crippen molar-refractivity contribution in [2.45, 2.75) is 38.6 Å². The number of aliphatic carboxylic acids is 1. The van der Waals surface area contributed by atoms with Crippen LogP contribution in [0.15, 0.2) is 18.2 Å². The number of carbonyl (C=O) groups is 1. The molecule has 0 aromatic heterocycles. The van der Waals surface area contributed by atoms with Crippen LogP contribution in [0.2, 0.25) is 0 Å². The molecule has 1 N–H and O–H groups in total. The molecule has 1 heterocycles. The molecule has 2 atom stereocenters. The molecular weight excluding hydrogens is 276 g/mol. The highest BCUT2D eigenvalue weighted by molar-refractivity contribution is 5.71. The minimum atomic E-state index is -0.919. The highest BCUT2D eigenvalue weighted by Crippen LogP contribution is 2.36. The highest BCUT2D eigenvalue weighted by atomic mass is 19.1. The molecule has 0 aliphatic carbocycles. The first-order valence-corrected chi connectivity index (χ1v) is 7.13. The summed E-state index contributed by atoms with van der Waals surface area (Å²) in [6, 6.07) is 3.38. The summed E-state index contributed by atoms with van der Waals surface area (Å²) in [5.41, 5.74) is 0.177. The van der Waals surface area contributed by atoms with E-state index in [0.29, 0.717) is 19.5 Å². The van der Waals surface area contributed by atoms with E-state index in [0.717, 1.165) is 6.07 Å². The third kappa shape index (κ3) is 3.40. The molecular formula is C16H21F2NO2. The number of hydrogen-bond acceptors (Lipinski definition) is 2. The molecule has 5 heteroatoms. The highest BCUT2D eigenvalue weighted by Gasteiger charge is 2.39. The smallest absolute Gasteiger partial charge is 0.307 e. The van der Waals surface area contributed by atoms with Gasteiger partial charge in [-0.05, 0) is 45.4 Å². The summed E-state index contributed by atoms with van der Waals surface area (Å²) in [6.07, 6.45) is 0.466. The van der Waals surface area contributed by atoms with Crippen molar-refractivity contribution in [3.63, 3.8) is 0 Å². The molecule has 1 aromatic carbocycles. The monoisotopic (exact) mass is 297 g/mol. The maximum absolute atomic E-state index is 14.0. The first kappa shape index (κ1) is 15.9. The van der Waals surface area contributed by atoms with Crippen LogP contribution in [0.3, 0.4) is 0 Å². The summed E-state index contributed by atoms with van der Waals surface area (Å²) in [5, 5.41) is 9.39. The van der Waals surface area contributed by atoms with Crippen molar-refractivity contribution in [1.82, 2.24) is 4.90 Å². The van der Waals surface area contributed by atoms with Gasteiger partial charge in [0.1, 0.15) is 11.6 Å². The van der Waals surface area contributed by atoms with Crippen LogP contribution < -0.4 is 0 Å². The molecule has 1 aliphatic heterocycles. The summed E-state index contributed by atoms with van der Waals surface area (Å²) < 4.78 is 27.1. The van der Waals surface area contributed by atoms with E-state index in [1.807, 2.05) is 20.8 Å². The van der Waals surface area contributed by atoms with Gasteiger partial charge in [-0.25, -0.2) is 8.78 Å². The maximum Gasteiger partial charge on any atom is 0.307 e. The third-order valence-electron chi connectivity index (χ3n) is 4.24. The summed E-state index contributed by atoms with van der Waals surface area (Å²) in [5.74, 6) is -3.33. The zero-order valence-corrected chi connectivity index (χ0v) is 12.6. The van der Waals surface area contributed by atoms with Gasteiger partial charge in [-0.15, -0.1) is 0 Å². The molecule has 1 saturated heterocycles. The Morgan fingerprint density at radius 2 is 2.00 bits per heavy atom. The lowest BCUT2D eigenvalue weighted by Gasteiger charge is -2.44. The van der Waals surface area contributed by atoms with E-state index >= 15 is 0 Å². The normalized spacial score (nSPS) is 24.0. The van der Waals surface area contributed by atoms with E-state index in [2.05, 4.69) is 4.90 Å². The number of halogens is 2. The van der Waals surface area contributed by atoms with E-state index in [-0.39, 0.29) is 11.1 Å². The largest absolute Gasteiger partial charge is 0.481 e. The van der Waals surface area contributed by atoms with Crippen molar-refractivity contribution in [2.24, 2.45) is 5.92 Å². The second-order valence-corrected chi connectivity index (χ2v) is 6.62. The first-order chi connectivity index (χ1) is 9.70. The molecule has 1 aromatic rings. The van der Waals surface area contributed by atoms with Gasteiger partial charge in [-0.1, -0.05) is 6.07 Å². The summed E-state index contributed by atoms with van der Waals surface area (Å²) in [6.45, 7) is 7.27. The predicted molar refractivity (Wildman–Crippen MR) is 76.2 cm³/mol. The van der Waals surface area contributed by atoms with Gasteiger partial charge in [0.15, 0.2) is 0 Å². The number of likely N-dealkylation sites (tertiary alicyclic amines) is 1. The number of hydrogen-bond donors (Lipinski definition) is 1. The second kappa shape index (κ2) is 5.72. The Morgan fingerprint density at radius 3 is 2.52 bits per heavy atom. The van der Waals surface area contributed by atoms with Crippen LogP contribution in [0.4, 0.5) is 8.78 Å². The van der Waals surface area contributed by atoms with Crippen LogP contribution in [0.1, 0.15) is 38.7 Å². The zero-order valence-electron chi connectivity index (χ0n) is 12.6. The van der Waals surface area contributed by atoms with Gasteiger partial charge >= 0.3 is 5.97 Å². The molecule has 1 unspecified atom stereocenters. The SMILES string of the molecule is CC(C)(C)N1CCC(C(=O)O)[C@@H](c2ccc(F)cc2F)C1. The van der Waals surface area contributed by atoms with Crippen molar-refractivity contribution in [3.8, 4) is 0 Å². The van der Waals surface area contributed by atoms with Gasteiger partial charge in [0.05, 0.1) is 5.92 Å². The van der Waals surface area contributed by atoms with E-state index in [1.165, 1.54) is 12.1 Å². The quantitative estimate of drug-likeness (QED) is 0.911. The Morgan fingerprint density at radius 1 is 1.33 bits per heavy atom. The molecule has 0 radical (unpaired) electrons. The molecule has 0 bridgehead atoms. The number of piperidine rings is 1. The Labute approximate surface area is 123 Å². The maximum atomic E-state index is 14.0. The predicted octanol–water partition coefficient (Wildman–Crippen LogP) is 3.25. The van der Waals surface area contributed by atoms with Crippen LogP contribution in [0.5, 0.6) is 0 Å². The van der Waals surface area contributed by atoms with Crippen LogP contribution in [0, 0.1) is 17.6 Å². The minimum Gasteiger partial charge on any atom is -0.481 e. The summed E-state index contributed by atoms with van der Waals surface area (Å²) in [7, 11) is 0. The van der Waals surface area contributed by atoms with Crippen molar-refractivity contribution in [1.29, 1.82) is 0 Å². The van der Waals surface area contributed by atoms with Gasteiger partial charge in [0.25, 0.3) is 0 Å². The Hall–Kier alpha value is -1.49. The molecule has 21 heavy (non-hydrogen) atoms. The fourth-order valence-corrected chi connectivity index (χ4v) is 2.97. The van der Waals surface area contributed by atoms with Crippen LogP contribution in [-0.2, 0) is 4.79 Å². The lowest BCUT2D eigenvalue weighted by atomic mass is 9.79. The van der Waals surface area contributed by atoms with E-state index in [9.17, 15) is 18.7 Å². The third-order valence-corrected chi connectivity index (χ3v) is 4.24. The molecule has 1 fully saturated rings. The fraction of sp³-hybridized carbons (Fsp3) is 0.562. The molecule has 2 rings (SSSR count). The molecule has 0 spiro atoms. The Balaban J connectivity index is 2.36. The molecule has 0 amide bonds. The molecule has 0 saturated carbocycles. The topological polar surface area (TPSA) is 40.5 Å². The van der Waals surface area contributed by atoms with E-state index < -0.39 is 29.4 Å². The lowest BCUT2D eigenvalue weighted by molar-refractivity contribution is -0.144. The van der Waals surface area contributed by atoms with Crippen molar-refractivity contribution in [2.75, 3.05) is 13.1 Å². The van der Waals surface area contributed by atoms with Gasteiger partial charge in [-0.2, -0.15) is 0 Å². The van der Waals surface area contributed by atoms with Crippen molar-refractivity contribution < 1.29 is 18.7 Å². The van der Waals surface area contributed by atoms with Crippen LogP contribution in [-0.4, -0.2) is 34.6 Å².